The van der Waals surface area contributed by atoms with Gasteiger partial charge >= 0.3 is 0 Å². The second kappa shape index (κ2) is 8.95. The average molecular weight is 365 g/mol. The van der Waals surface area contributed by atoms with Crippen LogP contribution in [0.4, 0.5) is 0 Å². The van der Waals surface area contributed by atoms with Crippen LogP contribution in [0.15, 0.2) is 22.7 Å². The number of alkyl halides is 1. The molecule has 2 nitrogen and oxygen atoms in total. The van der Waals surface area contributed by atoms with Gasteiger partial charge in [0.05, 0.1) is 11.6 Å². The lowest BCUT2D eigenvalue weighted by Crippen LogP contribution is -2.14. The van der Waals surface area contributed by atoms with E-state index < -0.39 is 0 Å². The second-order valence-electron chi connectivity index (χ2n) is 3.90. The SMILES string of the molecule is COc1ccc(CNCCCCCBr)cc1Br. The number of rotatable bonds is 8. The lowest BCUT2D eigenvalue weighted by Gasteiger charge is -2.07. The first kappa shape index (κ1) is 15.0. The molecule has 0 fully saturated rings. The number of benzene rings is 1. The third-order valence-corrected chi connectivity index (χ3v) is 3.71. The van der Waals surface area contributed by atoms with Crippen LogP contribution in [0, 0.1) is 0 Å². The monoisotopic (exact) mass is 363 g/mol. The molecule has 96 valence electrons. The van der Waals surface area contributed by atoms with Crippen molar-refractivity contribution in [1.29, 1.82) is 0 Å². The molecular weight excluding hydrogens is 346 g/mol. The Kier molecular flexibility index (Phi) is 7.90. The minimum Gasteiger partial charge on any atom is -0.496 e. The molecule has 0 aromatic heterocycles. The molecule has 0 bridgehead atoms. The maximum atomic E-state index is 5.20. The van der Waals surface area contributed by atoms with Gasteiger partial charge in [-0.05, 0) is 53.0 Å². The zero-order chi connectivity index (χ0) is 12.5. The van der Waals surface area contributed by atoms with Crippen molar-refractivity contribution in [2.45, 2.75) is 25.8 Å². The van der Waals surface area contributed by atoms with Crippen LogP contribution in [-0.2, 0) is 6.54 Å². The Bertz CT molecular complexity index is 331. The first-order valence-electron chi connectivity index (χ1n) is 5.87. The number of nitrogens with one attached hydrogen (secondary N) is 1. The third kappa shape index (κ3) is 5.89. The normalized spacial score (nSPS) is 10.5. The van der Waals surface area contributed by atoms with Crippen molar-refractivity contribution < 1.29 is 4.74 Å². The molecule has 4 heteroatoms. The minimum atomic E-state index is 0.881. The molecule has 0 atom stereocenters. The van der Waals surface area contributed by atoms with Crippen LogP contribution in [0.1, 0.15) is 24.8 Å². The van der Waals surface area contributed by atoms with Crippen LogP contribution in [0.5, 0.6) is 5.75 Å². The molecule has 1 N–H and O–H groups in total. The van der Waals surface area contributed by atoms with Gasteiger partial charge in [-0.3, -0.25) is 0 Å². The van der Waals surface area contributed by atoms with E-state index >= 15 is 0 Å². The smallest absolute Gasteiger partial charge is 0.133 e. The van der Waals surface area contributed by atoms with Crippen molar-refractivity contribution in [3.05, 3.63) is 28.2 Å². The Morgan fingerprint density at radius 1 is 1.24 bits per heavy atom. The first-order valence-corrected chi connectivity index (χ1v) is 7.78. The van der Waals surface area contributed by atoms with Crippen molar-refractivity contribution in [2.24, 2.45) is 0 Å². The molecule has 1 aromatic carbocycles. The van der Waals surface area contributed by atoms with Gasteiger partial charge < -0.3 is 10.1 Å². The zero-order valence-corrected chi connectivity index (χ0v) is 13.3. The highest BCUT2D eigenvalue weighted by Gasteiger charge is 2.00. The highest BCUT2D eigenvalue weighted by atomic mass is 79.9. The van der Waals surface area contributed by atoms with E-state index in [9.17, 15) is 0 Å². The van der Waals surface area contributed by atoms with Crippen molar-refractivity contribution >= 4 is 31.9 Å². The van der Waals surface area contributed by atoms with E-state index in [0.717, 1.165) is 28.6 Å². The first-order chi connectivity index (χ1) is 8.27. The number of unbranched alkanes of at least 4 members (excludes halogenated alkanes) is 2. The van der Waals surface area contributed by atoms with Gasteiger partial charge in [-0.25, -0.2) is 0 Å². The topological polar surface area (TPSA) is 21.3 Å². The van der Waals surface area contributed by atoms with E-state index in [0.29, 0.717) is 0 Å². The predicted molar refractivity (Wildman–Crippen MR) is 80.0 cm³/mol. The van der Waals surface area contributed by atoms with Gasteiger partial charge in [-0.2, -0.15) is 0 Å². The summed E-state index contributed by atoms with van der Waals surface area (Å²) in [6, 6.07) is 6.19. The standard InChI is InChI=1S/C13H19Br2NO/c1-17-13-6-5-11(9-12(13)15)10-16-8-4-2-3-7-14/h5-6,9,16H,2-4,7-8,10H2,1H3. The van der Waals surface area contributed by atoms with Gasteiger partial charge in [0.1, 0.15) is 5.75 Å². The summed E-state index contributed by atoms with van der Waals surface area (Å²) in [5, 5.41) is 4.56. The number of hydrogen-bond acceptors (Lipinski definition) is 2. The summed E-state index contributed by atoms with van der Waals surface area (Å²) < 4.78 is 6.21. The highest BCUT2D eigenvalue weighted by Crippen LogP contribution is 2.25. The quantitative estimate of drug-likeness (QED) is 0.553. The summed E-state index contributed by atoms with van der Waals surface area (Å²) in [4.78, 5) is 0. The molecule has 17 heavy (non-hydrogen) atoms. The summed E-state index contributed by atoms with van der Waals surface area (Å²) in [7, 11) is 1.68. The van der Waals surface area contributed by atoms with Gasteiger partial charge in [-0.15, -0.1) is 0 Å². The number of ether oxygens (including phenoxy) is 1. The molecule has 0 aliphatic carbocycles. The van der Waals surface area contributed by atoms with Gasteiger partial charge in [0.2, 0.25) is 0 Å². The molecule has 0 saturated heterocycles. The Morgan fingerprint density at radius 2 is 2.06 bits per heavy atom. The summed E-state index contributed by atoms with van der Waals surface area (Å²) in [5.41, 5.74) is 1.28. The number of hydrogen-bond donors (Lipinski definition) is 1. The summed E-state index contributed by atoms with van der Waals surface area (Å²) in [6.07, 6.45) is 3.78. The maximum absolute atomic E-state index is 5.20. The number of methoxy groups -OCH3 is 1. The zero-order valence-electron chi connectivity index (χ0n) is 10.1. The summed E-state index contributed by atoms with van der Waals surface area (Å²) >= 11 is 6.93. The van der Waals surface area contributed by atoms with Crippen molar-refractivity contribution in [3.63, 3.8) is 0 Å². The van der Waals surface area contributed by atoms with Crippen LogP contribution in [-0.4, -0.2) is 19.0 Å². The molecule has 1 rings (SSSR count). The van der Waals surface area contributed by atoms with Gasteiger partial charge in [0.25, 0.3) is 0 Å². The molecule has 0 amide bonds. The van der Waals surface area contributed by atoms with Crippen LogP contribution in [0.3, 0.4) is 0 Å². The van der Waals surface area contributed by atoms with Gasteiger partial charge in [-0.1, -0.05) is 28.4 Å². The largest absolute Gasteiger partial charge is 0.496 e. The average Bonchev–Trinajstić information content (AvgIpc) is 2.34. The van der Waals surface area contributed by atoms with Gasteiger partial charge in [0.15, 0.2) is 0 Å². The maximum Gasteiger partial charge on any atom is 0.133 e. The lowest BCUT2D eigenvalue weighted by molar-refractivity contribution is 0.412. The minimum absolute atomic E-state index is 0.881. The van der Waals surface area contributed by atoms with Gasteiger partial charge in [0, 0.05) is 11.9 Å². The van der Waals surface area contributed by atoms with Crippen molar-refractivity contribution in [3.8, 4) is 5.75 Å². The Morgan fingerprint density at radius 3 is 2.71 bits per heavy atom. The molecule has 0 spiro atoms. The van der Waals surface area contributed by atoms with Crippen LogP contribution < -0.4 is 10.1 Å². The summed E-state index contributed by atoms with van der Waals surface area (Å²) in [5.74, 6) is 0.881. The lowest BCUT2D eigenvalue weighted by atomic mass is 10.2. The van der Waals surface area contributed by atoms with Crippen LogP contribution in [0.25, 0.3) is 0 Å². The molecule has 0 unspecified atom stereocenters. The van der Waals surface area contributed by atoms with E-state index in [1.807, 2.05) is 6.07 Å². The molecule has 0 radical (unpaired) electrons. The molecule has 0 heterocycles. The summed E-state index contributed by atoms with van der Waals surface area (Å²) in [6.45, 7) is 1.99. The fraction of sp³-hybridized carbons (Fsp3) is 0.538. The Labute approximate surface area is 120 Å². The predicted octanol–water partition coefficient (Wildman–Crippen LogP) is 4.11. The van der Waals surface area contributed by atoms with Crippen molar-refractivity contribution in [2.75, 3.05) is 19.0 Å². The molecule has 0 aliphatic heterocycles. The fourth-order valence-corrected chi connectivity index (χ4v) is 2.56. The molecule has 0 saturated carbocycles. The van der Waals surface area contributed by atoms with Crippen LogP contribution in [0.2, 0.25) is 0 Å². The fourth-order valence-electron chi connectivity index (χ4n) is 1.57. The molecule has 1 aromatic rings. The Hall–Kier alpha value is -0.0600. The van der Waals surface area contributed by atoms with Crippen LogP contribution >= 0.6 is 31.9 Å². The van der Waals surface area contributed by atoms with Crippen molar-refractivity contribution in [1.82, 2.24) is 5.32 Å². The molecular formula is C13H19Br2NO. The Balaban J connectivity index is 2.25. The molecule has 0 aliphatic rings. The number of halogens is 2. The van der Waals surface area contributed by atoms with E-state index in [1.165, 1.54) is 24.8 Å². The van der Waals surface area contributed by atoms with E-state index in [1.54, 1.807) is 7.11 Å². The van der Waals surface area contributed by atoms with E-state index in [4.69, 9.17) is 4.74 Å². The third-order valence-electron chi connectivity index (χ3n) is 2.53. The highest BCUT2D eigenvalue weighted by molar-refractivity contribution is 9.10. The van der Waals surface area contributed by atoms with E-state index in [2.05, 4.69) is 49.3 Å². The van der Waals surface area contributed by atoms with E-state index in [-0.39, 0.29) is 0 Å². The second-order valence-corrected chi connectivity index (χ2v) is 5.54.